The maximum Gasteiger partial charge on any atom is 0.513 e. The first kappa shape index (κ1) is 22.3. The third-order valence-electron chi connectivity index (χ3n) is 3.63. The molecule has 2 N–H and O–H groups in total. The van der Waals surface area contributed by atoms with E-state index in [1.165, 1.54) is 13.0 Å². The first-order valence-corrected chi connectivity index (χ1v) is 10.5. The molecule has 0 aliphatic rings. The van der Waals surface area contributed by atoms with E-state index in [9.17, 15) is 14.6 Å². The van der Waals surface area contributed by atoms with Crippen molar-refractivity contribution >= 4 is 19.4 Å². The van der Waals surface area contributed by atoms with Crippen LogP contribution in [0.5, 0.6) is 11.5 Å². The summed E-state index contributed by atoms with van der Waals surface area (Å²) in [6.45, 7) is 4.91. The van der Waals surface area contributed by atoms with Gasteiger partial charge in [0.1, 0.15) is 23.6 Å². The average Bonchev–Trinajstić information content (AvgIpc) is 2.68. The Morgan fingerprint density at radius 2 is 1.79 bits per heavy atom. The van der Waals surface area contributed by atoms with Crippen molar-refractivity contribution in [1.29, 1.82) is 5.26 Å². The molecule has 0 fully saturated rings. The fourth-order valence-electron chi connectivity index (χ4n) is 2.30. The summed E-state index contributed by atoms with van der Waals surface area (Å²) in [6.07, 6.45) is -0.332. The van der Waals surface area contributed by atoms with Crippen molar-refractivity contribution in [3.63, 3.8) is 0 Å². The Bertz CT molecular complexity index is 927. The zero-order valence-electron chi connectivity index (χ0n) is 16.7. The fourth-order valence-corrected chi connectivity index (χ4v) is 3.84. The van der Waals surface area contributed by atoms with Gasteiger partial charge in [0.25, 0.3) is 0 Å². The molecule has 0 saturated heterocycles. The molecule has 1 unspecified atom stereocenters. The van der Waals surface area contributed by atoms with Gasteiger partial charge in [0.05, 0.1) is 11.7 Å². The highest BCUT2D eigenvalue weighted by Crippen LogP contribution is 2.46. The van der Waals surface area contributed by atoms with Crippen LogP contribution in [-0.4, -0.2) is 25.2 Å². The molecule has 9 heteroatoms. The van der Waals surface area contributed by atoms with E-state index in [2.05, 4.69) is 10.4 Å². The number of anilines is 1. The third kappa shape index (κ3) is 6.53. The molecule has 2 aromatic rings. The number of hydrogen-bond donors (Lipinski definition) is 2. The van der Waals surface area contributed by atoms with Crippen molar-refractivity contribution in [2.75, 3.05) is 12.4 Å². The van der Waals surface area contributed by atoms with Gasteiger partial charge in [0, 0.05) is 12.7 Å². The number of hydrogen-bond acceptors (Lipinski definition) is 7. The molecule has 0 radical (unpaired) electrons. The number of carbonyl (C=O) groups excluding carboxylic acids is 1. The van der Waals surface area contributed by atoms with Gasteiger partial charge in [-0.15, -0.1) is 0 Å². The maximum absolute atomic E-state index is 13.5. The summed E-state index contributed by atoms with van der Waals surface area (Å²) in [6, 6.07) is 14.1. The van der Waals surface area contributed by atoms with Crippen LogP contribution in [0, 0.1) is 11.3 Å². The molecule has 0 aliphatic heterocycles. The summed E-state index contributed by atoms with van der Waals surface area (Å²) in [5, 5.41) is 14.9. The highest BCUT2D eigenvalue weighted by atomic mass is 31.2. The van der Waals surface area contributed by atoms with E-state index < -0.39 is 19.8 Å². The third-order valence-corrected chi connectivity index (χ3v) is 5.22. The highest BCUT2D eigenvalue weighted by molar-refractivity contribution is 7.52. The molecule has 0 bridgehead atoms. The summed E-state index contributed by atoms with van der Waals surface area (Å²) in [5.74, 6) is -0.271. The van der Waals surface area contributed by atoms with Crippen LogP contribution in [0.1, 0.15) is 26.3 Å². The monoisotopic (exact) mass is 417 g/mol. The van der Waals surface area contributed by atoms with Crippen LogP contribution in [0.4, 0.5) is 5.69 Å². The van der Waals surface area contributed by atoms with E-state index in [1.54, 1.807) is 63.4 Å². The quantitative estimate of drug-likeness (QED) is 0.464. The zero-order chi connectivity index (χ0) is 21.4. The molecule has 154 valence electrons. The van der Waals surface area contributed by atoms with Crippen LogP contribution in [-0.2, 0) is 14.1 Å². The van der Waals surface area contributed by atoms with Gasteiger partial charge in [0.15, 0.2) is 0 Å². The molecular formula is C20H24N3O5P. The van der Waals surface area contributed by atoms with Crippen molar-refractivity contribution in [2.45, 2.75) is 32.9 Å². The lowest BCUT2D eigenvalue weighted by Gasteiger charge is -2.24. The van der Waals surface area contributed by atoms with E-state index in [4.69, 9.17) is 13.8 Å². The smallest absolute Gasteiger partial charge is 0.462 e. The number of ether oxygens (including phenoxy) is 1. The SMILES string of the molecule is CNc1ccc(OP(=O)(N[C@@H](C)C(=O)OC(C)C)Oc2ccccc2)c(C#N)c1. The molecule has 0 spiro atoms. The molecule has 0 aromatic heterocycles. The van der Waals surface area contributed by atoms with Crippen LogP contribution in [0.25, 0.3) is 0 Å². The number of rotatable bonds is 9. The number of nitrogens with one attached hydrogen (secondary N) is 2. The Kier molecular flexibility index (Phi) is 7.66. The second kappa shape index (κ2) is 9.97. The van der Waals surface area contributed by atoms with Crippen molar-refractivity contribution in [3.05, 3.63) is 54.1 Å². The molecule has 2 rings (SSSR count). The summed E-state index contributed by atoms with van der Waals surface area (Å²) in [7, 11) is -2.39. The number of nitriles is 1. The molecule has 2 atom stereocenters. The lowest BCUT2D eigenvalue weighted by atomic mass is 10.2. The average molecular weight is 417 g/mol. The second-order valence-corrected chi connectivity index (χ2v) is 8.02. The standard InChI is InChI=1S/C20H24N3O5P/c1-14(2)26-20(24)15(3)23-29(25,27-18-8-6-5-7-9-18)28-19-11-10-17(22-4)12-16(19)13-21/h5-12,14-15,22H,1-4H3,(H,23,25)/t15-,29?/m0/s1. The van der Waals surface area contributed by atoms with E-state index >= 15 is 0 Å². The molecule has 0 aliphatic carbocycles. The Morgan fingerprint density at radius 3 is 2.38 bits per heavy atom. The fraction of sp³-hybridized carbons (Fsp3) is 0.300. The topological polar surface area (TPSA) is 110 Å². The molecule has 0 saturated carbocycles. The normalized spacial score (nSPS) is 13.7. The van der Waals surface area contributed by atoms with Crippen LogP contribution in [0.15, 0.2) is 48.5 Å². The second-order valence-electron chi connectivity index (χ2n) is 6.40. The number of nitrogens with zero attached hydrogens (tertiary/aromatic N) is 1. The number of para-hydroxylation sites is 1. The van der Waals surface area contributed by atoms with Crippen LogP contribution >= 0.6 is 7.75 Å². The van der Waals surface area contributed by atoms with Crippen molar-refractivity contribution < 1.29 is 23.1 Å². The van der Waals surface area contributed by atoms with Gasteiger partial charge in [-0.3, -0.25) is 4.79 Å². The largest absolute Gasteiger partial charge is 0.513 e. The lowest BCUT2D eigenvalue weighted by molar-refractivity contribution is -0.149. The van der Waals surface area contributed by atoms with Gasteiger partial charge in [-0.25, -0.2) is 4.57 Å². The van der Waals surface area contributed by atoms with E-state index in [-0.39, 0.29) is 23.2 Å². The van der Waals surface area contributed by atoms with Gasteiger partial charge in [-0.2, -0.15) is 10.3 Å². The first-order valence-electron chi connectivity index (χ1n) is 9.01. The molecule has 0 amide bonds. The van der Waals surface area contributed by atoms with Crippen LogP contribution in [0.2, 0.25) is 0 Å². The number of esters is 1. The van der Waals surface area contributed by atoms with Crippen molar-refractivity contribution in [1.82, 2.24) is 5.09 Å². The van der Waals surface area contributed by atoms with Gasteiger partial charge in [0.2, 0.25) is 0 Å². The first-order chi connectivity index (χ1) is 13.8. The van der Waals surface area contributed by atoms with E-state index in [0.29, 0.717) is 5.69 Å². The summed E-state index contributed by atoms with van der Waals surface area (Å²) >= 11 is 0. The zero-order valence-corrected chi connectivity index (χ0v) is 17.6. The van der Waals surface area contributed by atoms with Crippen LogP contribution < -0.4 is 19.5 Å². The minimum atomic E-state index is -4.10. The molecule has 2 aromatic carbocycles. The van der Waals surface area contributed by atoms with Gasteiger partial charge in [-0.05, 0) is 51.1 Å². The Hall–Kier alpha value is -3.01. The van der Waals surface area contributed by atoms with Crippen LogP contribution in [0.3, 0.4) is 0 Å². The molecular weight excluding hydrogens is 393 g/mol. The molecule has 8 nitrogen and oxygen atoms in total. The summed E-state index contributed by atoms with van der Waals surface area (Å²) in [5.41, 5.74) is 0.850. The maximum atomic E-state index is 13.5. The van der Waals surface area contributed by atoms with Gasteiger partial charge < -0.3 is 19.1 Å². The predicted octanol–water partition coefficient (Wildman–Crippen LogP) is 4.10. The van der Waals surface area contributed by atoms with Gasteiger partial charge in [-0.1, -0.05) is 18.2 Å². The summed E-state index contributed by atoms with van der Waals surface area (Å²) < 4.78 is 29.8. The Morgan fingerprint density at radius 1 is 1.10 bits per heavy atom. The molecule has 29 heavy (non-hydrogen) atoms. The minimum Gasteiger partial charge on any atom is -0.462 e. The van der Waals surface area contributed by atoms with E-state index in [0.717, 1.165) is 0 Å². The number of benzene rings is 2. The van der Waals surface area contributed by atoms with Crippen molar-refractivity contribution in [2.24, 2.45) is 0 Å². The van der Waals surface area contributed by atoms with E-state index in [1.807, 2.05) is 6.07 Å². The van der Waals surface area contributed by atoms with Gasteiger partial charge >= 0.3 is 13.7 Å². The predicted molar refractivity (Wildman–Crippen MR) is 110 cm³/mol. The minimum absolute atomic E-state index is 0.0580. The Labute approximate surface area is 170 Å². The Balaban J connectivity index is 2.33. The highest BCUT2D eigenvalue weighted by Gasteiger charge is 2.34. The number of carbonyl (C=O) groups is 1. The molecule has 0 heterocycles. The summed E-state index contributed by atoms with van der Waals surface area (Å²) in [4.78, 5) is 12.2. The van der Waals surface area contributed by atoms with Crippen molar-refractivity contribution in [3.8, 4) is 17.6 Å². The lowest BCUT2D eigenvalue weighted by Crippen LogP contribution is -2.36.